The van der Waals surface area contributed by atoms with Gasteiger partial charge in [-0.2, -0.15) is 0 Å². The Morgan fingerprint density at radius 1 is 1.55 bits per heavy atom. The third-order valence-electron chi connectivity index (χ3n) is 0.644. The highest BCUT2D eigenvalue weighted by atomic mass is 19.4. The van der Waals surface area contributed by atoms with E-state index in [0.717, 1.165) is 0 Å². The van der Waals surface area contributed by atoms with Gasteiger partial charge < -0.3 is 10.4 Å². The zero-order chi connectivity index (χ0) is 8.91. The quantitative estimate of drug-likeness (QED) is 0.620. The molecule has 0 fully saturated rings. The van der Waals surface area contributed by atoms with Crippen LogP contribution in [0.3, 0.4) is 0 Å². The Kier molecular flexibility index (Phi) is 3.66. The molecule has 0 saturated heterocycles. The van der Waals surface area contributed by atoms with E-state index >= 15 is 0 Å². The van der Waals surface area contributed by atoms with E-state index in [9.17, 15) is 18.0 Å². The second kappa shape index (κ2) is 4.02. The Morgan fingerprint density at radius 3 is 2.45 bits per heavy atom. The first-order valence-corrected chi connectivity index (χ1v) is 2.59. The molecule has 0 saturated carbocycles. The molecule has 66 valence electrons. The Hall–Kier alpha value is -0.980. The summed E-state index contributed by atoms with van der Waals surface area (Å²) in [4.78, 5) is 9.68. The van der Waals surface area contributed by atoms with Crippen molar-refractivity contribution < 1.29 is 27.8 Å². The van der Waals surface area contributed by atoms with Crippen molar-refractivity contribution in [2.24, 2.45) is 0 Å². The minimum atomic E-state index is -4.69. The summed E-state index contributed by atoms with van der Waals surface area (Å²) in [7, 11) is 0. The van der Waals surface area contributed by atoms with Crippen molar-refractivity contribution in [2.75, 3.05) is 13.2 Å². The fraction of sp³-hybridized carbons (Fsp3) is 0.750. The first-order valence-electron chi connectivity index (χ1n) is 2.59. The number of alkyl halides is 3. The van der Waals surface area contributed by atoms with E-state index in [1.54, 1.807) is 5.32 Å². The molecule has 0 aromatic carbocycles. The molecule has 0 aromatic rings. The molecule has 0 aliphatic heterocycles. The van der Waals surface area contributed by atoms with E-state index in [4.69, 9.17) is 5.11 Å². The van der Waals surface area contributed by atoms with E-state index in [2.05, 4.69) is 4.74 Å². The van der Waals surface area contributed by atoms with Crippen molar-refractivity contribution in [3.63, 3.8) is 0 Å². The number of amides is 1. The Balaban J connectivity index is 3.22. The van der Waals surface area contributed by atoms with Gasteiger partial charge in [-0.1, -0.05) is 0 Å². The van der Waals surface area contributed by atoms with Crippen LogP contribution in [0.25, 0.3) is 0 Å². The highest BCUT2D eigenvalue weighted by Crippen LogP contribution is 2.14. The third-order valence-corrected chi connectivity index (χ3v) is 0.644. The van der Waals surface area contributed by atoms with Gasteiger partial charge in [0.1, 0.15) is 0 Å². The van der Waals surface area contributed by atoms with Crippen LogP contribution in [0.15, 0.2) is 0 Å². The van der Waals surface area contributed by atoms with E-state index in [-0.39, 0.29) is 6.54 Å². The Bertz CT molecular complexity index is 135. The second-order valence-corrected chi connectivity index (χ2v) is 1.53. The zero-order valence-corrected chi connectivity index (χ0v) is 5.31. The molecule has 4 nitrogen and oxygen atoms in total. The maximum atomic E-state index is 11.2. The molecular formula is C4H6F3NO3. The molecule has 11 heavy (non-hydrogen) atoms. The fourth-order valence-electron chi connectivity index (χ4n) is 0.325. The lowest BCUT2D eigenvalue weighted by atomic mass is 10.7. The first-order chi connectivity index (χ1) is 4.92. The van der Waals surface area contributed by atoms with Gasteiger partial charge in [0.2, 0.25) is 0 Å². The summed E-state index contributed by atoms with van der Waals surface area (Å²) in [6.07, 6.45) is -6.07. The van der Waals surface area contributed by atoms with Crippen LogP contribution in [0.2, 0.25) is 0 Å². The maximum Gasteiger partial charge on any atom is 0.522 e. The summed E-state index contributed by atoms with van der Waals surface area (Å²) in [6.45, 7) is -1.09. The monoisotopic (exact) mass is 173 g/mol. The summed E-state index contributed by atoms with van der Waals surface area (Å²) < 4.78 is 36.8. The van der Waals surface area contributed by atoms with Gasteiger partial charge in [-0.3, -0.25) is 4.74 Å². The number of nitrogens with one attached hydrogen (secondary N) is 1. The Morgan fingerprint density at radius 2 is 2.09 bits per heavy atom. The van der Waals surface area contributed by atoms with Crippen molar-refractivity contribution in [1.29, 1.82) is 0 Å². The van der Waals surface area contributed by atoms with Crippen LogP contribution in [0.5, 0.6) is 0 Å². The molecule has 0 atom stereocenters. The molecule has 0 bridgehead atoms. The fourth-order valence-corrected chi connectivity index (χ4v) is 0.325. The molecule has 2 N–H and O–H groups in total. The predicted molar refractivity (Wildman–Crippen MR) is 28.0 cm³/mol. The molecule has 7 heteroatoms. The average Bonchev–Trinajstić information content (AvgIpc) is 1.78. The van der Waals surface area contributed by atoms with Gasteiger partial charge in [0, 0.05) is 6.54 Å². The summed E-state index contributed by atoms with van der Waals surface area (Å²) in [6, 6.07) is 0. The van der Waals surface area contributed by atoms with Crippen LogP contribution in [0, 0.1) is 0 Å². The second-order valence-electron chi connectivity index (χ2n) is 1.53. The molecule has 0 heterocycles. The van der Waals surface area contributed by atoms with Crippen molar-refractivity contribution in [2.45, 2.75) is 6.36 Å². The van der Waals surface area contributed by atoms with Crippen molar-refractivity contribution >= 4 is 6.09 Å². The number of halogens is 3. The van der Waals surface area contributed by atoms with E-state index in [1.165, 1.54) is 0 Å². The van der Waals surface area contributed by atoms with Gasteiger partial charge in [0.25, 0.3) is 0 Å². The zero-order valence-electron chi connectivity index (χ0n) is 5.31. The minimum absolute atomic E-state index is 0.380. The highest BCUT2D eigenvalue weighted by molar-refractivity contribution is 5.64. The molecule has 0 unspecified atom stereocenters. The number of hydrogen-bond donors (Lipinski definition) is 2. The summed E-state index contributed by atoms with van der Waals surface area (Å²) in [5, 5.41) is 9.60. The molecular weight excluding hydrogens is 167 g/mol. The lowest BCUT2D eigenvalue weighted by molar-refractivity contribution is -0.323. The van der Waals surface area contributed by atoms with Crippen LogP contribution < -0.4 is 5.32 Å². The number of rotatable bonds is 3. The molecule has 0 aromatic heterocycles. The molecule has 0 aliphatic carbocycles. The standard InChI is InChI=1S/C4H6F3NO3/c5-4(6,7)11-2-1-8-3(9)10/h8H,1-2H2,(H,9,10). The minimum Gasteiger partial charge on any atom is -0.465 e. The van der Waals surface area contributed by atoms with Crippen molar-refractivity contribution in [1.82, 2.24) is 5.32 Å². The van der Waals surface area contributed by atoms with Crippen LogP contribution in [0.1, 0.15) is 0 Å². The lowest BCUT2D eigenvalue weighted by Gasteiger charge is -2.06. The predicted octanol–water partition coefficient (Wildman–Crippen LogP) is 0.790. The maximum absolute atomic E-state index is 11.2. The van der Waals surface area contributed by atoms with Crippen molar-refractivity contribution in [3.05, 3.63) is 0 Å². The number of carbonyl (C=O) groups is 1. The lowest BCUT2D eigenvalue weighted by Crippen LogP contribution is -2.27. The summed E-state index contributed by atoms with van der Waals surface area (Å²) >= 11 is 0. The smallest absolute Gasteiger partial charge is 0.465 e. The first kappa shape index (κ1) is 10.0. The average molecular weight is 173 g/mol. The SMILES string of the molecule is O=C(O)NCCOC(F)(F)F. The summed E-state index contributed by atoms with van der Waals surface area (Å²) in [5.74, 6) is 0. The van der Waals surface area contributed by atoms with Crippen LogP contribution in [-0.4, -0.2) is 30.7 Å². The molecule has 1 amide bonds. The van der Waals surface area contributed by atoms with E-state index < -0.39 is 19.1 Å². The topological polar surface area (TPSA) is 58.6 Å². The van der Waals surface area contributed by atoms with Gasteiger partial charge in [0.15, 0.2) is 0 Å². The highest BCUT2D eigenvalue weighted by Gasteiger charge is 2.28. The van der Waals surface area contributed by atoms with Gasteiger partial charge in [-0.05, 0) is 0 Å². The third kappa shape index (κ3) is 9.02. The van der Waals surface area contributed by atoms with Crippen LogP contribution >= 0.6 is 0 Å². The molecule has 0 radical (unpaired) electrons. The molecule has 0 aliphatic rings. The Labute approximate surface area is 59.9 Å². The summed E-state index contributed by atoms with van der Waals surface area (Å²) in [5.41, 5.74) is 0. The molecule has 0 rings (SSSR count). The molecule has 0 spiro atoms. The van der Waals surface area contributed by atoms with Crippen LogP contribution in [0.4, 0.5) is 18.0 Å². The van der Waals surface area contributed by atoms with Crippen molar-refractivity contribution in [3.8, 4) is 0 Å². The largest absolute Gasteiger partial charge is 0.522 e. The van der Waals surface area contributed by atoms with Gasteiger partial charge >= 0.3 is 12.5 Å². The number of hydrogen-bond acceptors (Lipinski definition) is 2. The van der Waals surface area contributed by atoms with Gasteiger partial charge in [-0.25, -0.2) is 4.79 Å². The number of ether oxygens (including phenoxy) is 1. The normalized spacial score (nSPS) is 11.2. The van der Waals surface area contributed by atoms with E-state index in [1.807, 2.05) is 0 Å². The van der Waals surface area contributed by atoms with Gasteiger partial charge in [0.05, 0.1) is 6.61 Å². The van der Waals surface area contributed by atoms with Gasteiger partial charge in [-0.15, -0.1) is 13.2 Å². The number of carboxylic acid groups (broad SMARTS) is 1. The van der Waals surface area contributed by atoms with E-state index in [0.29, 0.717) is 0 Å². The van der Waals surface area contributed by atoms with Crippen LogP contribution in [-0.2, 0) is 4.74 Å².